The standard InChI is InChI=1S/C11H13N3O3/c1-17-9-5-8(2-3-13-9)14-6-7(11(12)16)4-10(14)15/h2-3,5,7H,4,6H2,1H3,(H2,12,16). The largest absolute Gasteiger partial charge is 0.481 e. The molecule has 1 aliphatic heterocycles. The lowest BCUT2D eigenvalue weighted by Gasteiger charge is -2.16. The van der Waals surface area contributed by atoms with Gasteiger partial charge in [0.25, 0.3) is 0 Å². The first-order chi connectivity index (χ1) is 8.11. The van der Waals surface area contributed by atoms with E-state index in [1.807, 2.05) is 0 Å². The van der Waals surface area contributed by atoms with E-state index in [2.05, 4.69) is 4.98 Å². The molecule has 0 aliphatic carbocycles. The molecule has 1 atom stereocenters. The lowest BCUT2D eigenvalue weighted by molar-refractivity contribution is -0.123. The number of hydrogen-bond acceptors (Lipinski definition) is 4. The van der Waals surface area contributed by atoms with Gasteiger partial charge in [0, 0.05) is 25.2 Å². The van der Waals surface area contributed by atoms with Gasteiger partial charge in [-0.15, -0.1) is 0 Å². The first kappa shape index (κ1) is 11.4. The van der Waals surface area contributed by atoms with Crippen LogP contribution >= 0.6 is 0 Å². The molecule has 2 N–H and O–H groups in total. The Kier molecular flexibility index (Phi) is 2.95. The summed E-state index contributed by atoms with van der Waals surface area (Å²) in [5.74, 6) is -0.539. The van der Waals surface area contributed by atoms with Crippen LogP contribution in [0.4, 0.5) is 5.69 Å². The van der Waals surface area contributed by atoms with Crippen molar-refractivity contribution in [2.45, 2.75) is 6.42 Å². The maximum Gasteiger partial charge on any atom is 0.227 e. The van der Waals surface area contributed by atoms with E-state index >= 15 is 0 Å². The van der Waals surface area contributed by atoms with Crippen LogP contribution in [0.25, 0.3) is 0 Å². The van der Waals surface area contributed by atoms with Crippen molar-refractivity contribution in [3.05, 3.63) is 18.3 Å². The van der Waals surface area contributed by atoms with Crippen molar-refractivity contribution in [1.29, 1.82) is 0 Å². The van der Waals surface area contributed by atoms with Gasteiger partial charge in [-0.3, -0.25) is 9.59 Å². The van der Waals surface area contributed by atoms with Crippen LogP contribution in [0.15, 0.2) is 18.3 Å². The van der Waals surface area contributed by atoms with Gasteiger partial charge in [0.15, 0.2) is 0 Å². The van der Waals surface area contributed by atoms with E-state index in [1.54, 1.807) is 18.3 Å². The summed E-state index contributed by atoms with van der Waals surface area (Å²) < 4.78 is 4.98. The topological polar surface area (TPSA) is 85.5 Å². The molecule has 0 spiro atoms. The van der Waals surface area contributed by atoms with Crippen LogP contribution in [-0.2, 0) is 9.59 Å². The molecule has 2 rings (SSSR count). The Morgan fingerprint density at radius 2 is 2.41 bits per heavy atom. The lowest BCUT2D eigenvalue weighted by atomic mass is 10.1. The molecular weight excluding hydrogens is 222 g/mol. The molecule has 1 aromatic heterocycles. The summed E-state index contributed by atoms with van der Waals surface area (Å²) in [5.41, 5.74) is 5.87. The number of pyridine rings is 1. The molecule has 1 aromatic rings. The first-order valence-electron chi connectivity index (χ1n) is 5.21. The summed E-state index contributed by atoms with van der Waals surface area (Å²) in [7, 11) is 1.50. The number of hydrogen-bond donors (Lipinski definition) is 1. The second-order valence-electron chi connectivity index (χ2n) is 3.86. The van der Waals surface area contributed by atoms with E-state index in [0.717, 1.165) is 0 Å². The maximum absolute atomic E-state index is 11.7. The van der Waals surface area contributed by atoms with E-state index in [4.69, 9.17) is 10.5 Å². The number of carbonyl (C=O) groups excluding carboxylic acids is 2. The first-order valence-corrected chi connectivity index (χ1v) is 5.21. The molecule has 17 heavy (non-hydrogen) atoms. The molecule has 0 bridgehead atoms. The Morgan fingerprint density at radius 3 is 3.00 bits per heavy atom. The van der Waals surface area contributed by atoms with Gasteiger partial charge < -0.3 is 15.4 Å². The molecule has 6 heteroatoms. The van der Waals surface area contributed by atoms with Crippen LogP contribution < -0.4 is 15.4 Å². The number of nitrogens with two attached hydrogens (primary N) is 1. The van der Waals surface area contributed by atoms with Gasteiger partial charge in [-0.2, -0.15) is 0 Å². The monoisotopic (exact) mass is 235 g/mol. The number of carbonyl (C=O) groups is 2. The van der Waals surface area contributed by atoms with E-state index in [0.29, 0.717) is 18.1 Å². The fourth-order valence-electron chi connectivity index (χ4n) is 1.83. The number of rotatable bonds is 3. The molecule has 0 saturated carbocycles. The van der Waals surface area contributed by atoms with Crippen molar-refractivity contribution in [1.82, 2.24) is 4.98 Å². The lowest BCUT2D eigenvalue weighted by Crippen LogP contribution is -2.28. The van der Waals surface area contributed by atoms with Crippen molar-refractivity contribution >= 4 is 17.5 Å². The highest BCUT2D eigenvalue weighted by atomic mass is 16.5. The van der Waals surface area contributed by atoms with Gasteiger partial charge in [-0.05, 0) is 6.07 Å². The number of methoxy groups -OCH3 is 1. The van der Waals surface area contributed by atoms with Gasteiger partial charge >= 0.3 is 0 Å². The normalized spacial score (nSPS) is 19.5. The number of amides is 2. The summed E-state index contributed by atoms with van der Waals surface area (Å²) in [4.78, 5) is 28.3. The summed E-state index contributed by atoms with van der Waals surface area (Å²) in [5, 5.41) is 0. The Bertz CT molecular complexity index is 461. The van der Waals surface area contributed by atoms with Gasteiger partial charge in [0.05, 0.1) is 18.7 Å². The Labute approximate surface area is 98.4 Å². The molecule has 0 radical (unpaired) electrons. The van der Waals surface area contributed by atoms with Crippen LogP contribution in [0.2, 0.25) is 0 Å². The number of ether oxygens (including phenoxy) is 1. The fourth-order valence-corrected chi connectivity index (χ4v) is 1.83. The van der Waals surface area contributed by atoms with Crippen LogP contribution in [0.3, 0.4) is 0 Å². The van der Waals surface area contributed by atoms with E-state index in [1.165, 1.54) is 12.0 Å². The fraction of sp³-hybridized carbons (Fsp3) is 0.364. The molecule has 1 unspecified atom stereocenters. The number of anilines is 1. The summed E-state index contributed by atoms with van der Waals surface area (Å²) in [6.07, 6.45) is 1.72. The molecular formula is C11H13N3O3. The van der Waals surface area contributed by atoms with Crippen LogP contribution in [0, 0.1) is 5.92 Å². The molecule has 0 aromatic carbocycles. The highest BCUT2D eigenvalue weighted by molar-refractivity contribution is 6.00. The van der Waals surface area contributed by atoms with E-state index in [9.17, 15) is 9.59 Å². The Hall–Kier alpha value is -2.11. The van der Waals surface area contributed by atoms with Gasteiger partial charge in [-0.1, -0.05) is 0 Å². The second-order valence-corrected chi connectivity index (χ2v) is 3.86. The average Bonchev–Trinajstić information content (AvgIpc) is 2.72. The van der Waals surface area contributed by atoms with Crippen molar-refractivity contribution in [2.24, 2.45) is 11.7 Å². The van der Waals surface area contributed by atoms with Crippen LogP contribution in [0.1, 0.15) is 6.42 Å². The van der Waals surface area contributed by atoms with E-state index < -0.39 is 11.8 Å². The predicted octanol–water partition coefficient (Wildman–Crippen LogP) is -0.0716. The zero-order valence-electron chi connectivity index (χ0n) is 9.42. The minimum atomic E-state index is -0.443. The summed E-state index contributed by atoms with van der Waals surface area (Å²) in [6, 6.07) is 3.35. The average molecular weight is 235 g/mol. The highest BCUT2D eigenvalue weighted by Crippen LogP contribution is 2.26. The zero-order valence-corrected chi connectivity index (χ0v) is 9.42. The zero-order chi connectivity index (χ0) is 12.4. The second kappa shape index (κ2) is 4.40. The molecule has 90 valence electrons. The van der Waals surface area contributed by atoms with Crippen LogP contribution in [0.5, 0.6) is 5.88 Å². The summed E-state index contributed by atoms with van der Waals surface area (Å²) in [6.45, 7) is 0.321. The quantitative estimate of drug-likeness (QED) is 0.794. The molecule has 2 amide bonds. The Balaban J connectivity index is 2.22. The molecule has 1 fully saturated rings. The van der Waals surface area contributed by atoms with Crippen molar-refractivity contribution < 1.29 is 14.3 Å². The van der Waals surface area contributed by atoms with E-state index in [-0.39, 0.29) is 12.3 Å². The molecule has 2 heterocycles. The third kappa shape index (κ3) is 2.20. The van der Waals surface area contributed by atoms with Gasteiger partial charge in [0.2, 0.25) is 17.7 Å². The smallest absolute Gasteiger partial charge is 0.227 e. The SMILES string of the molecule is COc1cc(N2CC(C(N)=O)CC2=O)ccn1. The highest BCUT2D eigenvalue weighted by Gasteiger charge is 2.34. The molecule has 1 saturated heterocycles. The number of nitrogens with zero attached hydrogens (tertiary/aromatic N) is 2. The maximum atomic E-state index is 11.7. The molecule has 1 aliphatic rings. The third-order valence-corrected chi connectivity index (χ3v) is 2.77. The van der Waals surface area contributed by atoms with Gasteiger partial charge in [-0.25, -0.2) is 4.98 Å². The van der Waals surface area contributed by atoms with Crippen molar-refractivity contribution in [2.75, 3.05) is 18.6 Å². The van der Waals surface area contributed by atoms with Crippen LogP contribution in [-0.4, -0.2) is 30.5 Å². The minimum absolute atomic E-state index is 0.109. The number of primary amides is 1. The third-order valence-electron chi connectivity index (χ3n) is 2.77. The minimum Gasteiger partial charge on any atom is -0.481 e. The number of aromatic nitrogens is 1. The Morgan fingerprint density at radius 1 is 1.65 bits per heavy atom. The van der Waals surface area contributed by atoms with Crippen molar-refractivity contribution in [3.8, 4) is 5.88 Å². The predicted molar refractivity (Wildman–Crippen MR) is 60.4 cm³/mol. The molecule has 6 nitrogen and oxygen atoms in total. The van der Waals surface area contributed by atoms with Crippen molar-refractivity contribution in [3.63, 3.8) is 0 Å². The van der Waals surface area contributed by atoms with Gasteiger partial charge in [0.1, 0.15) is 0 Å². The summed E-state index contributed by atoms with van der Waals surface area (Å²) >= 11 is 0.